The number of carbonyl (C=O) groups excluding carboxylic acids is 3. The molecular weight excluding hydrogens is 681 g/mol. The number of ether oxygens (including phenoxy) is 2. The van der Waals surface area contributed by atoms with E-state index in [1.165, 1.54) is 122 Å². The SMILES string of the molecule is CCCCCCCCCCCCCCCC(=O)OC[C@H](COP(=O)(O)OCCNC(=O)CCC)OC(=O)CCCCCCCCCCCCCCC. The van der Waals surface area contributed by atoms with E-state index in [-0.39, 0.29) is 38.5 Å². The number of esters is 2. The standard InChI is InChI=1S/C41H80NO9P/c1-4-7-9-11-13-15-17-19-21-23-25-27-29-32-40(44)48-36-38(37-50-52(46,47)49-35-34-42-39(43)31-6-3)51-41(45)33-30-28-26-24-22-20-18-16-14-12-10-8-5-2/h38H,4-37H2,1-3H3,(H,42,43)(H,46,47)/t38-/m1/s1. The first-order valence-electron chi connectivity index (χ1n) is 21.5. The molecular formula is C41H80NO9P. The molecule has 0 saturated carbocycles. The highest BCUT2D eigenvalue weighted by atomic mass is 31.2. The molecule has 0 heterocycles. The maximum atomic E-state index is 12.6. The molecule has 0 bridgehead atoms. The summed E-state index contributed by atoms with van der Waals surface area (Å²) in [4.78, 5) is 46.8. The summed E-state index contributed by atoms with van der Waals surface area (Å²) in [5.74, 6) is -1.03. The fraction of sp³-hybridized carbons (Fsp3) is 0.927. The lowest BCUT2D eigenvalue weighted by Crippen LogP contribution is -2.30. The van der Waals surface area contributed by atoms with E-state index in [0.717, 1.165) is 38.5 Å². The van der Waals surface area contributed by atoms with E-state index < -0.39 is 32.5 Å². The molecule has 2 N–H and O–H groups in total. The third-order valence-corrected chi connectivity index (χ3v) is 10.3. The number of phosphoric acid groups is 1. The van der Waals surface area contributed by atoms with Crippen LogP contribution in [0.3, 0.4) is 0 Å². The van der Waals surface area contributed by atoms with Crippen LogP contribution in [0.2, 0.25) is 0 Å². The zero-order chi connectivity index (χ0) is 38.4. The number of amides is 1. The maximum Gasteiger partial charge on any atom is 0.472 e. The van der Waals surface area contributed by atoms with Gasteiger partial charge in [-0.15, -0.1) is 0 Å². The Morgan fingerprint density at radius 3 is 1.35 bits per heavy atom. The average Bonchev–Trinajstić information content (AvgIpc) is 3.12. The van der Waals surface area contributed by atoms with Gasteiger partial charge in [0.1, 0.15) is 6.61 Å². The fourth-order valence-electron chi connectivity index (χ4n) is 6.07. The Labute approximate surface area is 318 Å². The van der Waals surface area contributed by atoms with Crippen molar-refractivity contribution >= 4 is 25.7 Å². The number of nitrogens with one attached hydrogen (secondary N) is 1. The van der Waals surface area contributed by atoms with Gasteiger partial charge in [-0.05, 0) is 19.3 Å². The molecule has 10 nitrogen and oxygen atoms in total. The Hall–Kier alpha value is -1.48. The number of hydrogen-bond donors (Lipinski definition) is 2. The smallest absolute Gasteiger partial charge is 0.462 e. The first kappa shape index (κ1) is 50.5. The van der Waals surface area contributed by atoms with Crippen molar-refractivity contribution in [2.24, 2.45) is 0 Å². The molecule has 0 aliphatic carbocycles. The summed E-state index contributed by atoms with van der Waals surface area (Å²) < 4.78 is 33.4. The normalized spacial score (nSPS) is 13.1. The first-order valence-corrected chi connectivity index (χ1v) is 23.0. The van der Waals surface area contributed by atoms with Gasteiger partial charge in [0.15, 0.2) is 6.10 Å². The molecule has 0 aromatic rings. The van der Waals surface area contributed by atoms with Crippen molar-refractivity contribution in [3.8, 4) is 0 Å². The van der Waals surface area contributed by atoms with Gasteiger partial charge in [-0.25, -0.2) is 4.57 Å². The van der Waals surface area contributed by atoms with E-state index in [9.17, 15) is 23.8 Å². The molecule has 2 atom stereocenters. The second-order valence-corrected chi connectivity index (χ2v) is 15.9. The highest BCUT2D eigenvalue weighted by Gasteiger charge is 2.26. The molecule has 0 rings (SSSR count). The van der Waals surface area contributed by atoms with Gasteiger partial charge in [-0.1, -0.05) is 175 Å². The van der Waals surface area contributed by atoms with E-state index in [4.69, 9.17) is 18.5 Å². The zero-order valence-corrected chi connectivity index (χ0v) is 34.7. The summed E-state index contributed by atoms with van der Waals surface area (Å²) in [6, 6.07) is 0. The van der Waals surface area contributed by atoms with Crippen molar-refractivity contribution in [2.75, 3.05) is 26.4 Å². The van der Waals surface area contributed by atoms with Crippen LogP contribution in [0.15, 0.2) is 0 Å². The molecule has 11 heteroatoms. The lowest BCUT2D eigenvalue weighted by atomic mass is 10.0. The number of carbonyl (C=O) groups is 3. The topological polar surface area (TPSA) is 137 Å². The average molecular weight is 762 g/mol. The summed E-state index contributed by atoms with van der Waals surface area (Å²) >= 11 is 0. The molecule has 0 aromatic carbocycles. The van der Waals surface area contributed by atoms with E-state index in [1.54, 1.807) is 0 Å². The van der Waals surface area contributed by atoms with E-state index in [0.29, 0.717) is 19.3 Å². The van der Waals surface area contributed by atoms with Crippen LogP contribution >= 0.6 is 7.82 Å². The first-order chi connectivity index (χ1) is 25.2. The van der Waals surface area contributed by atoms with Gasteiger partial charge in [0, 0.05) is 25.8 Å². The second-order valence-electron chi connectivity index (χ2n) is 14.5. The summed E-state index contributed by atoms with van der Waals surface area (Å²) in [7, 11) is -4.49. The minimum absolute atomic E-state index is 0.0566. The molecule has 0 aliphatic rings. The van der Waals surface area contributed by atoms with Gasteiger partial charge >= 0.3 is 19.8 Å². The quantitative estimate of drug-likeness (QED) is 0.0355. The van der Waals surface area contributed by atoms with Crippen LogP contribution in [-0.2, 0) is 37.5 Å². The van der Waals surface area contributed by atoms with Crippen molar-refractivity contribution in [3.63, 3.8) is 0 Å². The van der Waals surface area contributed by atoms with Crippen LogP contribution in [0, 0.1) is 0 Å². The van der Waals surface area contributed by atoms with Crippen molar-refractivity contribution in [2.45, 2.75) is 219 Å². The van der Waals surface area contributed by atoms with Gasteiger partial charge in [-0.2, -0.15) is 0 Å². The predicted molar refractivity (Wildman–Crippen MR) is 211 cm³/mol. The maximum absolute atomic E-state index is 12.6. The number of phosphoric ester groups is 1. The van der Waals surface area contributed by atoms with E-state index in [2.05, 4.69) is 19.2 Å². The van der Waals surface area contributed by atoms with Gasteiger partial charge in [0.25, 0.3) is 0 Å². The van der Waals surface area contributed by atoms with Gasteiger partial charge < -0.3 is 19.7 Å². The highest BCUT2D eigenvalue weighted by molar-refractivity contribution is 7.47. The molecule has 1 unspecified atom stereocenters. The monoisotopic (exact) mass is 762 g/mol. The highest BCUT2D eigenvalue weighted by Crippen LogP contribution is 2.43. The molecule has 0 fully saturated rings. The Morgan fingerprint density at radius 1 is 0.519 bits per heavy atom. The van der Waals surface area contributed by atoms with Crippen molar-refractivity contribution in [1.82, 2.24) is 5.32 Å². The van der Waals surface area contributed by atoms with Crippen LogP contribution in [0.5, 0.6) is 0 Å². The predicted octanol–water partition coefficient (Wildman–Crippen LogP) is 11.5. The van der Waals surface area contributed by atoms with Crippen LogP contribution < -0.4 is 5.32 Å². The van der Waals surface area contributed by atoms with Crippen LogP contribution in [0.4, 0.5) is 0 Å². The largest absolute Gasteiger partial charge is 0.472 e. The minimum Gasteiger partial charge on any atom is -0.462 e. The van der Waals surface area contributed by atoms with E-state index in [1.807, 2.05) is 6.92 Å². The Bertz CT molecular complexity index is 888. The third-order valence-electron chi connectivity index (χ3n) is 9.28. The lowest BCUT2D eigenvalue weighted by molar-refractivity contribution is -0.161. The van der Waals surface area contributed by atoms with Gasteiger partial charge in [0.05, 0.1) is 13.2 Å². The molecule has 308 valence electrons. The molecule has 0 aromatic heterocycles. The van der Waals surface area contributed by atoms with Crippen LogP contribution in [-0.4, -0.2) is 55.2 Å². The number of rotatable bonds is 40. The molecule has 0 aliphatic heterocycles. The molecule has 1 amide bonds. The number of unbranched alkanes of at least 4 members (excludes halogenated alkanes) is 24. The Morgan fingerprint density at radius 2 is 0.923 bits per heavy atom. The summed E-state index contributed by atoms with van der Waals surface area (Å²) in [6.07, 6.45) is 31.9. The van der Waals surface area contributed by atoms with Crippen molar-refractivity contribution in [1.29, 1.82) is 0 Å². The van der Waals surface area contributed by atoms with E-state index >= 15 is 0 Å². The Balaban J connectivity index is 4.42. The molecule has 0 saturated heterocycles. The fourth-order valence-corrected chi connectivity index (χ4v) is 6.83. The summed E-state index contributed by atoms with van der Waals surface area (Å²) in [6.45, 7) is 5.47. The lowest BCUT2D eigenvalue weighted by Gasteiger charge is -2.20. The van der Waals surface area contributed by atoms with Crippen molar-refractivity contribution < 1.29 is 42.4 Å². The second kappa shape index (κ2) is 37.8. The van der Waals surface area contributed by atoms with Crippen molar-refractivity contribution in [3.05, 3.63) is 0 Å². The Kier molecular flexibility index (Phi) is 36.7. The molecule has 52 heavy (non-hydrogen) atoms. The summed E-state index contributed by atoms with van der Waals surface area (Å²) in [5, 5.41) is 2.60. The minimum atomic E-state index is -4.49. The van der Waals surface area contributed by atoms with Gasteiger partial charge in [0.2, 0.25) is 5.91 Å². The zero-order valence-electron chi connectivity index (χ0n) is 33.8. The van der Waals surface area contributed by atoms with Crippen LogP contribution in [0.1, 0.15) is 213 Å². The number of hydrogen-bond acceptors (Lipinski definition) is 8. The van der Waals surface area contributed by atoms with Crippen LogP contribution in [0.25, 0.3) is 0 Å². The molecule has 0 spiro atoms. The van der Waals surface area contributed by atoms with Gasteiger partial charge in [-0.3, -0.25) is 23.4 Å². The third kappa shape index (κ3) is 36.9. The summed E-state index contributed by atoms with van der Waals surface area (Å²) in [5.41, 5.74) is 0. The molecule has 0 radical (unpaired) electrons.